The van der Waals surface area contributed by atoms with Gasteiger partial charge in [-0.25, -0.2) is 0 Å². The molecule has 0 aliphatic carbocycles. The van der Waals surface area contributed by atoms with Crippen molar-refractivity contribution in [1.29, 1.82) is 0 Å². The van der Waals surface area contributed by atoms with Gasteiger partial charge in [-0.05, 0) is 29.3 Å². The van der Waals surface area contributed by atoms with E-state index in [9.17, 15) is 0 Å². The maximum atomic E-state index is 6.44. The summed E-state index contributed by atoms with van der Waals surface area (Å²) in [6, 6.07) is 10.7. The van der Waals surface area contributed by atoms with Crippen LogP contribution < -0.4 is 4.74 Å². The lowest BCUT2D eigenvalue weighted by Crippen LogP contribution is -1.96. The van der Waals surface area contributed by atoms with E-state index in [1.807, 2.05) is 12.1 Å². The van der Waals surface area contributed by atoms with E-state index in [-0.39, 0.29) is 0 Å². The number of hydrogen-bond donors (Lipinski definition) is 0. The molecule has 2 aromatic carbocycles. The summed E-state index contributed by atoms with van der Waals surface area (Å²) in [7, 11) is 1.58. The van der Waals surface area contributed by atoms with Crippen LogP contribution in [0.15, 0.2) is 36.4 Å². The summed E-state index contributed by atoms with van der Waals surface area (Å²) in [6.45, 7) is 0. The Balaban J connectivity index is 2.44. The molecule has 0 aromatic heterocycles. The van der Waals surface area contributed by atoms with Crippen molar-refractivity contribution in [3.8, 4) is 5.75 Å². The number of methoxy groups -OCH3 is 1. The molecule has 19 heavy (non-hydrogen) atoms. The second-order valence-electron chi connectivity index (χ2n) is 3.89. The van der Waals surface area contributed by atoms with E-state index in [1.54, 1.807) is 31.4 Å². The van der Waals surface area contributed by atoms with E-state index >= 15 is 0 Å². The fraction of sp³-hybridized carbons (Fsp3) is 0.143. The zero-order valence-electron chi connectivity index (χ0n) is 9.96. The van der Waals surface area contributed by atoms with Crippen molar-refractivity contribution < 1.29 is 4.74 Å². The van der Waals surface area contributed by atoms with E-state index in [4.69, 9.17) is 51.1 Å². The summed E-state index contributed by atoms with van der Waals surface area (Å²) < 4.78 is 5.10. The lowest BCUT2D eigenvalue weighted by Gasteiger charge is -2.15. The van der Waals surface area contributed by atoms with Crippen LogP contribution >= 0.6 is 46.4 Å². The highest BCUT2D eigenvalue weighted by molar-refractivity contribution is 6.43. The number of alkyl halides is 1. The number of hydrogen-bond acceptors (Lipinski definition) is 1. The molecule has 2 rings (SSSR count). The Morgan fingerprint density at radius 3 is 2.32 bits per heavy atom. The molecule has 1 unspecified atom stereocenters. The normalized spacial score (nSPS) is 12.3. The topological polar surface area (TPSA) is 9.23 Å². The van der Waals surface area contributed by atoms with Gasteiger partial charge in [-0.3, -0.25) is 0 Å². The standard InChI is InChI=1S/C14H10Cl4O/c1-19-8-5-6-9(12(16)7-8)13(17)10-3-2-4-11(15)14(10)18/h2-7,13H,1H3. The SMILES string of the molecule is COc1ccc(C(Cl)c2cccc(Cl)c2Cl)c(Cl)c1. The molecule has 0 bridgehead atoms. The Kier molecular flexibility index (Phi) is 4.86. The summed E-state index contributed by atoms with van der Waals surface area (Å²) in [5.41, 5.74) is 1.48. The lowest BCUT2D eigenvalue weighted by molar-refractivity contribution is 0.414. The summed E-state index contributed by atoms with van der Waals surface area (Å²) in [5.74, 6) is 0.676. The maximum absolute atomic E-state index is 6.44. The fourth-order valence-corrected chi connectivity index (χ4v) is 2.90. The first-order chi connectivity index (χ1) is 9.04. The smallest absolute Gasteiger partial charge is 0.120 e. The third-order valence-electron chi connectivity index (χ3n) is 2.74. The van der Waals surface area contributed by atoms with Crippen molar-refractivity contribution in [2.75, 3.05) is 7.11 Å². The zero-order valence-corrected chi connectivity index (χ0v) is 13.0. The van der Waals surface area contributed by atoms with Gasteiger partial charge in [0.15, 0.2) is 0 Å². The predicted molar refractivity (Wildman–Crippen MR) is 82.2 cm³/mol. The van der Waals surface area contributed by atoms with Gasteiger partial charge in [-0.1, -0.05) is 53.0 Å². The van der Waals surface area contributed by atoms with Gasteiger partial charge in [-0.15, -0.1) is 11.6 Å². The molecule has 0 N–H and O–H groups in total. The molecule has 0 amide bonds. The van der Waals surface area contributed by atoms with E-state index in [0.717, 1.165) is 11.1 Å². The quantitative estimate of drug-likeness (QED) is 0.626. The molecule has 0 radical (unpaired) electrons. The Bertz CT molecular complexity index is 598. The van der Waals surface area contributed by atoms with Crippen LogP contribution in [0, 0.1) is 0 Å². The molecule has 1 atom stereocenters. The first-order valence-corrected chi connectivity index (χ1v) is 7.03. The Hall–Kier alpha value is -0.600. The van der Waals surface area contributed by atoms with Crippen molar-refractivity contribution in [3.05, 3.63) is 62.6 Å². The highest BCUT2D eigenvalue weighted by Gasteiger charge is 2.18. The Morgan fingerprint density at radius 1 is 0.947 bits per heavy atom. The van der Waals surface area contributed by atoms with Gasteiger partial charge in [0, 0.05) is 5.02 Å². The van der Waals surface area contributed by atoms with Crippen molar-refractivity contribution in [1.82, 2.24) is 0 Å². The molecule has 0 saturated heterocycles. The molecule has 1 nitrogen and oxygen atoms in total. The van der Waals surface area contributed by atoms with Gasteiger partial charge >= 0.3 is 0 Å². The summed E-state index contributed by atoms with van der Waals surface area (Å²) >= 11 is 24.8. The molecule has 0 spiro atoms. The molecule has 0 aliphatic heterocycles. The lowest BCUT2D eigenvalue weighted by atomic mass is 10.0. The zero-order chi connectivity index (χ0) is 14.0. The highest BCUT2D eigenvalue weighted by Crippen LogP contribution is 2.40. The van der Waals surface area contributed by atoms with Gasteiger partial charge in [0.1, 0.15) is 5.75 Å². The van der Waals surface area contributed by atoms with Gasteiger partial charge in [0.2, 0.25) is 0 Å². The van der Waals surface area contributed by atoms with Crippen LogP contribution in [0.3, 0.4) is 0 Å². The number of ether oxygens (including phenoxy) is 1. The van der Waals surface area contributed by atoms with Crippen LogP contribution in [0.25, 0.3) is 0 Å². The largest absolute Gasteiger partial charge is 0.497 e. The molecular weight excluding hydrogens is 326 g/mol. The van der Waals surface area contributed by atoms with Crippen LogP contribution in [-0.4, -0.2) is 7.11 Å². The Morgan fingerprint density at radius 2 is 1.68 bits per heavy atom. The highest BCUT2D eigenvalue weighted by atomic mass is 35.5. The molecular formula is C14H10Cl4O. The van der Waals surface area contributed by atoms with Crippen LogP contribution in [0.5, 0.6) is 5.75 Å². The molecule has 0 saturated carbocycles. The third-order valence-corrected chi connectivity index (χ3v) is 4.37. The predicted octanol–water partition coefficient (Wildman–Crippen LogP) is 5.98. The summed E-state index contributed by atoms with van der Waals surface area (Å²) in [6.07, 6.45) is 0. The number of rotatable bonds is 3. The molecule has 0 fully saturated rings. The minimum Gasteiger partial charge on any atom is -0.497 e. The summed E-state index contributed by atoms with van der Waals surface area (Å²) in [5, 5.41) is 0.963. The fourth-order valence-electron chi connectivity index (χ4n) is 1.72. The molecule has 2 aromatic rings. The van der Waals surface area contributed by atoms with Crippen LogP contribution in [0.4, 0.5) is 0 Å². The van der Waals surface area contributed by atoms with Crippen molar-refractivity contribution >= 4 is 46.4 Å². The monoisotopic (exact) mass is 334 g/mol. The average Bonchev–Trinajstić information content (AvgIpc) is 2.41. The molecule has 5 heteroatoms. The van der Waals surface area contributed by atoms with Crippen LogP contribution in [0.2, 0.25) is 15.1 Å². The van der Waals surface area contributed by atoms with E-state index in [1.165, 1.54) is 0 Å². The van der Waals surface area contributed by atoms with Crippen LogP contribution in [-0.2, 0) is 0 Å². The Labute approximate surface area is 132 Å². The molecule has 0 aliphatic rings. The number of benzene rings is 2. The van der Waals surface area contributed by atoms with E-state index in [0.29, 0.717) is 20.8 Å². The maximum Gasteiger partial charge on any atom is 0.120 e. The van der Waals surface area contributed by atoms with Crippen molar-refractivity contribution in [2.45, 2.75) is 5.38 Å². The third kappa shape index (κ3) is 3.11. The van der Waals surface area contributed by atoms with Gasteiger partial charge < -0.3 is 4.74 Å². The van der Waals surface area contributed by atoms with Crippen molar-refractivity contribution in [3.63, 3.8) is 0 Å². The summed E-state index contributed by atoms with van der Waals surface area (Å²) in [4.78, 5) is 0. The van der Waals surface area contributed by atoms with Gasteiger partial charge in [-0.2, -0.15) is 0 Å². The minimum absolute atomic E-state index is 0.441. The van der Waals surface area contributed by atoms with Crippen molar-refractivity contribution in [2.24, 2.45) is 0 Å². The second-order valence-corrected chi connectivity index (χ2v) is 5.52. The van der Waals surface area contributed by atoms with Crippen LogP contribution in [0.1, 0.15) is 16.5 Å². The number of halogens is 4. The average molecular weight is 336 g/mol. The molecule has 0 heterocycles. The van der Waals surface area contributed by atoms with Gasteiger partial charge in [0.25, 0.3) is 0 Å². The molecule has 100 valence electrons. The minimum atomic E-state index is -0.468. The first kappa shape index (κ1) is 14.8. The van der Waals surface area contributed by atoms with E-state index < -0.39 is 5.38 Å². The van der Waals surface area contributed by atoms with Gasteiger partial charge in [0.05, 0.1) is 22.5 Å². The second kappa shape index (κ2) is 6.23. The van der Waals surface area contributed by atoms with E-state index in [2.05, 4.69) is 0 Å². The first-order valence-electron chi connectivity index (χ1n) is 5.46.